The Balaban J connectivity index is 1.36. The third-order valence-electron chi connectivity index (χ3n) is 7.76. The van der Waals surface area contributed by atoms with E-state index in [1.54, 1.807) is 12.1 Å². The highest BCUT2D eigenvalue weighted by Gasteiger charge is 2.50. The number of nitrogens with two attached hydrogens (primary N) is 1. The molecule has 0 saturated heterocycles. The monoisotopic (exact) mass is 581 g/mol. The van der Waals surface area contributed by atoms with Crippen LogP contribution < -0.4 is 11.1 Å². The minimum absolute atomic E-state index is 0.0495. The van der Waals surface area contributed by atoms with Crippen molar-refractivity contribution in [1.82, 2.24) is 20.1 Å². The lowest BCUT2D eigenvalue weighted by molar-refractivity contribution is -0.122. The predicted octanol–water partition coefficient (Wildman–Crippen LogP) is 5.16. The van der Waals surface area contributed by atoms with E-state index < -0.39 is 48.3 Å². The Bertz CT molecular complexity index is 1700. The molecule has 0 spiro atoms. The van der Waals surface area contributed by atoms with Gasteiger partial charge in [-0.05, 0) is 72.6 Å². The second kappa shape index (κ2) is 10.7. The van der Waals surface area contributed by atoms with Crippen LogP contribution in [0.2, 0.25) is 0 Å². The molecule has 2 unspecified atom stereocenters. The van der Waals surface area contributed by atoms with Gasteiger partial charge >= 0.3 is 0 Å². The van der Waals surface area contributed by atoms with Gasteiger partial charge in [0.2, 0.25) is 5.91 Å². The number of pyridine rings is 1. The molecule has 4 aromatic rings. The molecular weight excluding hydrogens is 557 g/mol. The summed E-state index contributed by atoms with van der Waals surface area (Å²) in [6.45, 7) is -0.511. The number of carbonyl (C=O) groups excluding carboxylic acids is 2. The van der Waals surface area contributed by atoms with E-state index in [2.05, 4.69) is 15.4 Å². The van der Waals surface area contributed by atoms with Crippen LogP contribution in [0.4, 0.5) is 22.0 Å². The SMILES string of the molecule is NC(=O)c1cc(-c2cccnc2[C@H](Cc2cc(F)cc(F)c2)NC(=O)Cn2nc3c(c2C(F)F)C2CC2C3)ccc1F. The van der Waals surface area contributed by atoms with Crippen molar-refractivity contribution in [2.75, 3.05) is 0 Å². The first-order valence-electron chi connectivity index (χ1n) is 13.3. The molecule has 2 heterocycles. The molecule has 1 fully saturated rings. The summed E-state index contributed by atoms with van der Waals surface area (Å²) in [7, 11) is 0. The van der Waals surface area contributed by atoms with Gasteiger partial charge in [-0.1, -0.05) is 12.1 Å². The Morgan fingerprint density at radius 3 is 2.55 bits per heavy atom. The van der Waals surface area contributed by atoms with E-state index in [-0.39, 0.29) is 34.9 Å². The quantitative estimate of drug-likeness (QED) is 0.267. The number of carbonyl (C=O) groups is 2. The third-order valence-corrected chi connectivity index (χ3v) is 7.76. The highest BCUT2D eigenvalue weighted by atomic mass is 19.3. The fourth-order valence-electron chi connectivity index (χ4n) is 5.90. The average Bonchev–Trinajstić information content (AvgIpc) is 3.45. The van der Waals surface area contributed by atoms with Crippen molar-refractivity contribution in [3.05, 3.63) is 106 Å². The van der Waals surface area contributed by atoms with Crippen LogP contribution in [0.1, 0.15) is 63.4 Å². The summed E-state index contributed by atoms with van der Waals surface area (Å²) in [5.41, 5.74) is 6.96. The standard InChI is InChI=1S/C30H24F5N5O2/c31-17-6-14(7-18(32)12-17)8-24(27-19(2-1-5-37-27)15-3-4-22(33)21(9-15)30(36)42)38-25(41)13-40-28(29(34)35)26-20-10-16(20)11-23(26)39-40/h1-7,9,12,16,20,24,29H,8,10-11,13H2,(H2,36,42)(H,38,41)/t16?,20?,24-/m0/s1. The fraction of sp³-hybridized carbons (Fsp3) is 0.267. The molecule has 2 aromatic heterocycles. The number of alkyl halides is 2. The predicted molar refractivity (Wildman–Crippen MR) is 141 cm³/mol. The van der Waals surface area contributed by atoms with Crippen LogP contribution >= 0.6 is 0 Å². The van der Waals surface area contributed by atoms with Gasteiger partial charge in [0.15, 0.2) is 0 Å². The number of nitrogens with zero attached hydrogens (tertiary/aromatic N) is 3. The lowest BCUT2D eigenvalue weighted by Gasteiger charge is -2.22. The number of hydrogen-bond acceptors (Lipinski definition) is 4. The van der Waals surface area contributed by atoms with Gasteiger partial charge in [0.05, 0.1) is 23.0 Å². The molecule has 2 amide bonds. The number of hydrogen-bond donors (Lipinski definition) is 2. The maximum atomic E-state index is 14.2. The number of halogens is 5. The molecule has 216 valence electrons. The molecule has 0 aliphatic heterocycles. The summed E-state index contributed by atoms with van der Waals surface area (Å²) < 4.78 is 71.5. The summed E-state index contributed by atoms with van der Waals surface area (Å²) in [4.78, 5) is 29.5. The fourth-order valence-corrected chi connectivity index (χ4v) is 5.90. The topological polar surface area (TPSA) is 103 Å². The normalized spacial score (nSPS) is 17.6. The first-order chi connectivity index (χ1) is 20.1. The summed E-state index contributed by atoms with van der Waals surface area (Å²) in [5.74, 6) is -3.76. The van der Waals surface area contributed by atoms with Gasteiger partial charge in [0.25, 0.3) is 12.3 Å². The van der Waals surface area contributed by atoms with Gasteiger partial charge in [0, 0.05) is 23.4 Å². The number of benzene rings is 2. The van der Waals surface area contributed by atoms with E-state index >= 15 is 0 Å². The molecule has 2 aliphatic rings. The van der Waals surface area contributed by atoms with Crippen molar-refractivity contribution >= 4 is 11.8 Å². The van der Waals surface area contributed by atoms with Gasteiger partial charge < -0.3 is 11.1 Å². The highest BCUT2D eigenvalue weighted by molar-refractivity contribution is 5.94. The van der Waals surface area contributed by atoms with E-state index in [0.717, 1.165) is 29.3 Å². The average molecular weight is 582 g/mol. The first kappa shape index (κ1) is 27.6. The maximum absolute atomic E-state index is 14.2. The van der Waals surface area contributed by atoms with E-state index in [1.165, 1.54) is 18.3 Å². The molecule has 1 saturated carbocycles. The second-order valence-electron chi connectivity index (χ2n) is 10.6. The van der Waals surface area contributed by atoms with E-state index in [0.29, 0.717) is 40.8 Å². The molecule has 6 rings (SSSR count). The summed E-state index contributed by atoms with van der Waals surface area (Å²) >= 11 is 0. The molecule has 12 heteroatoms. The largest absolute Gasteiger partial charge is 0.366 e. The maximum Gasteiger partial charge on any atom is 0.280 e. The Labute approximate surface area is 236 Å². The lowest BCUT2D eigenvalue weighted by Crippen LogP contribution is -2.34. The zero-order valence-corrected chi connectivity index (χ0v) is 22.0. The van der Waals surface area contributed by atoms with Crippen molar-refractivity contribution in [3.63, 3.8) is 0 Å². The summed E-state index contributed by atoms with van der Waals surface area (Å²) in [5, 5.41) is 7.06. The highest BCUT2D eigenvalue weighted by Crippen LogP contribution is 2.58. The second-order valence-corrected chi connectivity index (χ2v) is 10.6. The van der Waals surface area contributed by atoms with Crippen molar-refractivity contribution in [2.24, 2.45) is 11.7 Å². The number of nitrogens with one attached hydrogen (secondary N) is 1. The van der Waals surface area contributed by atoms with Crippen LogP contribution in [0.5, 0.6) is 0 Å². The van der Waals surface area contributed by atoms with Crippen molar-refractivity contribution < 1.29 is 31.5 Å². The first-order valence-corrected chi connectivity index (χ1v) is 13.3. The zero-order valence-electron chi connectivity index (χ0n) is 22.0. The van der Waals surface area contributed by atoms with Gasteiger partial charge in [-0.2, -0.15) is 5.10 Å². The Morgan fingerprint density at radius 1 is 1.07 bits per heavy atom. The molecule has 0 radical (unpaired) electrons. The summed E-state index contributed by atoms with van der Waals surface area (Å²) in [6, 6.07) is 8.80. The Morgan fingerprint density at radius 2 is 1.83 bits per heavy atom. The van der Waals surface area contributed by atoms with Crippen LogP contribution in [-0.2, 0) is 24.2 Å². The van der Waals surface area contributed by atoms with Gasteiger partial charge in [-0.3, -0.25) is 19.3 Å². The Hall–Kier alpha value is -4.61. The molecule has 7 nitrogen and oxygen atoms in total. The van der Waals surface area contributed by atoms with Crippen molar-refractivity contribution in [3.8, 4) is 11.1 Å². The summed E-state index contributed by atoms with van der Waals surface area (Å²) in [6.07, 6.45) is -0.0820. The van der Waals surface area contributed by atoms with Crippen molar-refractivity contribution in [2.45, 2.75) is 44.2 Å². The Kier molecular flexibility index (Phi) is 6.99. The molecule has 3 atom stereocenters. The van der Waals surface area contributed by atoms with Crippen LogP contribution in [0.3, 0.4) is 0 Å². The molecule has 42 heavy (non-hydrogen) atoms. The van der Waals surface area contributed by atoms with E-state index in [1.807, 2.05) is 0 Å². The van der Waals surface area contributed by atoms with Crippen LogP contribution in [0, 0.1) is 23.4 Å². The number of primary amides is 1. The number of fused-ring (bicyclic) bond motifs is 3. The molecule has 0 bridgehead atoms. The van der Waals surface area contributed by atoms with E-state index in [4.69, 9.17) is 5.73 Å². The van der Waals surface area contributed by atoms with Gasteiger partial charge in [0.1, 0.15) is 29.7 Å². The third kappa shape index (κ3) is 5.24. The molecule has 3 N–H and O–H groups in total. The smallest absolute Gasteiger partial charge is 0.280 e. The molecular formula is C30H24F5N5O2. The van der Waals surface area contributed by atoms with Crippen LogP contribution in [-0.4, -0.2) is 26.6 Å². The zero-order chi connectivity index (χ0) is 29.7. The minimum Gasteiger partial charge on any atom is -0.366 e. The minimum atomic E-state index is -2.82. The molecule has 2 aromatic carbocycles. The number of rotatable bonds is 9. The number of aromatic nitrogens is 3. The van der Waals surface area contributed by atoms with Gasteiger partial charge in [-0.25, -0.2) is 22.0 Å². The molecule has 2 aliphatic carbocycles. The van der Waals surface area contributed by atoms with Crippen molar-refractivity contribution in [1.29, 1.82) is 0 Å². The van der Waals surface area contributed by atoms with E-state index in [9.17, 15) is 31.5 Å². The lowest BCUT2D eigenvalue weighted by atomic mass is 9.94. The van der Waals surface area contributed by atoms with Crippen LogP contribution in [0.15, 0.2) is 54.7 Å². The van der Waals surface area contributed by atoms with Gasteiger partial charge in [-0.15, -0.1) is 0 Å². The van der Waals surface area contributed by atoms with Crippen LogP contribution in [0.25, 0.3) is 11.1 Å². The number of amides is 2.